The van der Waals surface area contributed by atoms with E-state index in [9.17, 15) is 4.79 Å². The second-order valence-corrected chi connectivity index (χ2v) is 4.96. The van der Waals surface area contributed by atoms with Crippen LogP contribution in [0.25, 0.3) is 11.3 Å². The first-order chi connectivity index (χ1) is 9.56. The molecule has 0 aliphatic carbocycles. The maximum atomic E-state index is 11.8. The van der Waals surface area contributed by atoms with Crippen molar-refractivity contribution in [2.75, 3.05) is 6.54 Å². The lowest BCUT2D eigenvalue weighted by Crippen LogP contribution is -2.28. The molecule has 0 radical (unpaired) electrons. The number of halogens is 1. The fraction of sp³-hybridized carbons (Fsp3) is 0.333. The number of carbonyl (C=O) groups is 1. The molecule has 2 rings (SSSR count). The van der Waals surface area contributed by atoms with E-state index in [4.69, 9.17) is 10.3 Å². The smallest absolute Gasteiger partial charge is 0.289 e. The van der Waals surface area contributed by atoms with Gasteiger partial charge < -0.3 is 15.6 Å². The molecular weight excluding hydrogens is 290 g/mol. The van der Waals surface area contributed by atoms with Crippen molar-refractivity contribution in [3.05, 3.63) is 41.7 Å². The van der Waals surface area contributed by atoms with Gasteiger partial charge >= 0.3 is 0 Å². The van der Waals surface area contributed by atoms with Crippen LogP contribution < -0.4 is 11.1 Å². The van der Waals surface area contributed by atoms with E-state index in [-0.39, 0.29) is 30.1 Å². The summed E-state index contributed by atoms with van der Waals surface area (Å²) < 4.78 is 5.08. The average Bonchev–Trinajstić information content (AvgIpc) is 2.88. The molecule has 0 spiro atoms. The van der Waals surface area contributed by atoms with Crippen molar-refractivity contribution < 1.29 is 9.32 Å². The standard InChI is InChI=1S/C15H19N3O2.ClH/c1-10-3-5-12(6-4-10)13-9-14(20-18-13)15(19)17-8-7-11(2)16;/h3-6,9,11H,7-8,16H2,1-2H3,(H,17,19);1H. The van der Waals surface area contributed by atoms with Gasteiger partial charge in [-0.05, 0) is 20.3 Å². The molecule has 1 aromatic heterocycles. The SMILES string of the molecule is Cc1ccc(-c2cc(C(=O)NCCC(C)N)on2)cc1.Cl. The van der Waals surface area contributed by atoms with Gasteiger partial charge in [0.1, 0.15) is 5.69 Å². The summed E-state index contributed by atoms with van der Waals surface area (Å²) in [4.78, 5) is 11.8. The highest BCUT2D eigenvalue weighted by atomic mass is 35.5. The Bertz CT molecular complexity index is 579. The lowest BCUT2D eigenvalue weighted by molar-refractivity contribution is 0.0916. The summed E-state index contributed by atoms with van der Waals surface area (Å²) >= 11 is 0. The van der Waals surface area contributed by atoms with Crippen LogP contribution in [0.3, 0.4) is 0 Å². The molecule has 6 heteroatoms. The summed E-state index contributed by atoms with van der Waals surface area (Å²) in [5.41, 5.74) is 8.37. The minimum atomic E-state index is -0.267. The monoisotopic (exact) mass is 309 g/mol. The molecule has 1 aromatic carbocycles. The quantitative estimate of drug-likeness (QED) is 0.889. The van der Waals surface area contributed by atoms with Crippen molar-refractivity contribution in [2.45, 2.75) is 26.3 Å². The van der Waals surface area contributed by atoms with E-state index in [1.54, 1.807) is 6.07 Å². The van der Waals surface area contributed by atoms with Crippen molar-refractivity contribution in [1.29, 1.82) is 0 Å². The Hall–Kier alpha value is -1.85. The number of carbonyl (C=O) groups excluding carboxylic acids is 1. The van der Waals surface area contributed by atoms with Gasteiger partial charge in [-0.2, -0.15) is 0 Å². The maximum Gasteiger partial charge on any atom is 0.289 e. The normalized spacial score (nSPS) is 11.6. The number of nitrogens with zero attached hydrogens (tertiary/aromatic N) is 1. The summed E-state index contributed by atoms with van der Waals surface area (Å²) in [6.07, 6.45) is 0.727. The molecule has 0 bridgehead atoms. The fourth-order valence-electron chi connectivity index (χ4n) is 1.74. The van der Waals surface area contributed by atoms with Crippen molar-refractivity contribution in [3.63, 3.8) is 0 Å². The number of hydrogen-bond donors (Lipinski definition) is 2. The van der Waals surface area contributed by atoms with Gasteiger partial charge in [0.25, 0.3) is 5.91 Å². The molecule has 2 aromatic rings. The molecule has 1 atom stereocenters. The van der Waals surface area contributed by atoms with Gasteiger partial charge in [-0.15, -0.1) is 12.4 Å². The summed E-state index contributed by atoms with van der Waals surface area (Å²) in [6.45, 7) is 4.44. The topological polar surface area (TPSA) is 81.2 Å². The molecule has 1 amide bonds. The average molecular weight is 310 g/mol. The number of nitrogens with two attached hydrogens (primary N) is 1. The van der Waals surface area contributed by atoms with E-state index in [1.165, 1.54) is 5.56 Å². The van der Waals surface area contributed by atoms with Crippen LogP contribution in [0.1, 0.15) is 29.5 Å². The number of aryl methyl sites for hydroxylation is 1. The zero-order valence-corrected chi connectivity index (χ0v) is 12.9. The van der Waals surface area contributed by atoms with Gasteiger partial charge in [-0.3, -0.25) is 4.79 Å². The van der Waals surface area contributed by atoms with Gasteiger partial charge in [0.2, 0.25) is 5.76 Å². The van der Waals surface area contributed by atoms with Crippen LogP contribution in [0.5, 0.6) is 0 Å². The van der Waals surface area contributed by atoms with Gasteiger partial charge in [0, 0.05) is 24.2 Å². The Labute approximate surface area is 130 Å². The predicted octanol–water partition coefficient (Wildman–Crippen LogP) is 2.54. The highest BCUT2D eigenvalue weighted by molar-refractivity contribution is 5.92. The minimum absolute atomic E-state index is 0. The highest BCUT2D eigenvalue weighted by Gasteiger charge is 2.13. The number of aromatic nitrogens is 1. The fourth-order valence-corrected chi connectivity index (χ4v) is 1.74. The Morgan fingerprint density at radius 2 is 2.05 bits per heavy atom. The van der Waals surface area contributed by atoms with E-state index in [0.717, 1.165) is 12.0 Å². The molecule has 21 heavy (non-hydrogen) atoms. The molecule has 0 aliphatic heterocycles. The molecule has 0 fully saturated rings. The van der Waals surface area contributed by atoms with E-state index in [1.807, 2.05) is 38.1 Å². The van der Waals surface area contributed by atoms with E-state index in [0.29, 0.717) is 12.2 Å². The third-order valence-electron chi connectivity index (χ3n) is 2.97. The number of hydrogen-bond acceptors (Lipinski definition) is 4. The largest absolute Gasteiger partial charge is 0.350 e. The van der Waals surface area contributed by atoms with Crippen molar-refractivity contribution in [2.24, 2.45) is 5.73 Å². The lowest BCUT2D eigenvalue weighted by Gasteiger charge is -2.04. The first-order valence-electron chi connectivity index (χ1n) is 6.64. The molecule has 0 saturated heterocycles. The zero-order chi connectivity index (χ0) is 14.5. The summed E-state index contributed by atoms with van der Waals surface area (Å²) in [7, 11) is 0. The van der Waals surface area contributed by atoms with Gasteiger partial charge in [0.15, 0.2) is 0 Å². The number of amides is 1. The van der Waals surface area contributed by atoms with Crippen LogP contribution in [0.4, 0.5) is 0 Å². The first kappa shape index (κ1) is 17.2. The van der Waals surface area contributed by atoms with Crippen LogP contribution in [0, 0.1) is 6.92 Å². The van der Waals surface area contributed by atoms with Gasteiger partial charge in [-0.1, -0.05) is 35.0 Å². The number of rotatable bonds is 5. The van der Waals surface area contributed by atoms with Crippen molar-refractivity contribution in [3.8, 4) is 11.3 Å². The minimum Gasteiger partial charge on any atom is -0.350 e. The summed E-state index contributed by atoms with van der Waals surface area (Å²) in [5.74, 6) is -0.0539. The molecule has 3 N–H and O–H groups in total. The highest BCUT2D eigenvalue weighted by Crippen LogP contribution is 2.19. The third-order valence-corrected chi connectivity index (χ3v) is 2.97. The van der Waals surface area contributed by atoms with Crippen molar-refractivity contribution in [1.82, 2.24) is 10.5 Å². The first-order valence-corrected chi connectivity index (χ1v) is 6.64. The number of nitrogens with one attached hydrogen (secondary N) is 1. The Morgan fingerprint density at radius 1 is 1.38 bits per heavy atom. The van der Waals surface area contributed by atoms with Crippen molar-refractivity contribution >= 4 is 18.3 Å². The van der Waals surface area contributed by atoms with Crippen LogP contribution in [0.15, 0.2) is 34.9 Å². The summed E-state index contributed by atoms with van der Waals surface area (Å²) in [6, 6.07) is 9.59. The molecule has 0 aliphatic rings. The lowest BCUT2D eigenvalue weighted by atomic mass is 10.1. The van der Waals surface area contributed by atoms with Crippen LogP contribution in [-0.2, 0) is 0 Å². The van der Waals surface area contributed by atoms with E-state index in [2.05, 4.69) is 10.5 Å². The third kappa shape index (κ3) is 4.88. The van der Waals surface area contributed by atoms with Gasteiger partial charge in [-0.25, -0.2) is 0 Å². The summed E-state index contributed by atoms with van der Waals surface area (Å²) in [5, 5.41) is 6.67. The molecular formula is C15H20ClN3O2. The van der Waals surface area contributed by atoms with E-state index < -0.39 is 0 Å². The Morgan fingerprint density at radius 3 is 2.67 bits per heavy atom. The van der Waals surface area contributed by atoms with Gasteiger partial charge in [0.05, 0.1) is 0 Å². The maximum absolute atomic E-state index is 11.8. The number of benzene rings is 1. The molecule has 1 heterocycles. The molecule has 114 valence electrons. The van der Waals surface area contributed by atoms with Crippen LogP contribution in [-0.4, -0.2) is 23.7 Å². The Balaban J connectivity index is 0.00000220. The predicted molar refractivity (Wildman–Crippen MR) is 84.5 cm³/mol. The molecule has 1 unspecified atom stereocenters. The van der Waals surface area contributed by atoms with E-state index >= 15 is 0 Å². The molecule has 0 saturated carbocycles. The second-order valence-electron chi connectivity index (χ2n) is 4.96. The molecule has 5 nitrogen and oxygen atoms in total. The second kappa shape index (κ2) is 7.81. The Kier molecular flexibility index (Phi) is 6.39. The van der Waals surface area contributed by atoms with Crippen LogP contribution in [0.2, 0.25) is 0 Å². The van der Waals surface area contributed by atoms with Crippen LogP contribution >= 0.6 is 12.4 Å². The zero-order valence-electron chi connectivity index (χ0n) is 12.1.